The molecule has 0 radical (unpaired) electrons. The summed E-state index contributed by atoms with van der Waals surface area (Å²) in [6, 6.07) is 14.9. The van der Waals surface area contributed by atoms with Gasteiger partial charge in [-0.05, 0) is 43.8 Å². The summed E-state index contributed by atoms with van der Waals surface area (Å²) in [5, 5.41) is 9.73. The summed E-state index contributed by atoms with van der Waals surface area (Å²) in [5.41, 5.74) is 1.75. The lowest BCUT2D eigenvalue weighted by molar-refractivity contribution is 0.0106. The summed E-state index contributed by atoms with van der Waals surface area (Å²) in [4.78, 5) is 17.0. The van der Waals surface area contributed by atoms with E-state index >= 15 is 0 Å². The Morgan fingerprint density at radius 2 is 1.81 bits per heavy atom. The number of hydrogen-bond donors (Lipinski definition) is 1. The first-order valence-electron chi connectivity index (χ1n) is 11.0. The molecule has 3 rings (SSSR count). The lowest BCUT2D eigenvalue weighted by Crippen LogP contribution is -2.47. The fourth-order valence-electron chi connectivity index (χ4n) is 3.95. The number of likely N-dealkylation sites (N-methyl/N-ethyl adjacent to an activating group) is 1. The molecule has 1 aliphatic rings. The zero-order chi connectivity index (χ0) is 23.1. The van der Waals surface area contributed by atoms with Crippen LogP contribution in [0.3, 0.4) is 0 Å². The summed E-state index contributed by atoms with van der Waals surface area (Å²) in [6.07, 6.45) is -0.0778. The quantitative estimate of drug-likeness (QED) is 0.577. The number of ether oxygens (including phenoxy) is 3. The van der Waals surface area contributed by atoms with E-state index in [9.17, 15) is 9.90 Å². The number of hydrogen-bond acceptors (Lipinski definition) is 6. The van der Waals surface area contributed by atoms with Crippen molar-refractivity contribution in [3.05, 3.63) is 59.7 Å². The first-order chi connectivity index (χ1) is 15.4. The van der Waals surface area contributed by atoms with Crippen molar-refractivity contribution in [3.8, 4) is 11.5 Å². The number of fused-ring (bicyclic) bond motifs is 1. The van der Waals surface area contributed by atoms with E-state index in [0.717, 1.165) is 23.6 Å². The number of carbonyl (C=O) groups excluding carboxylic acids is 1. The molecule has 7 nitrogen and oxygen atoms in total. The van der Waals surface area contributed by atoms with E-state index < -0.39 is 0 Å². The maximum Gasteiger partial charge on any atom is 0.254 e. The lowest BCUT2D eigenvalue weighted by atomic mass is 10.0. The first-order valence-corrected chi connectivity index (χ1v) is 11.0. The molecule has 0 saturated carbocycles. The van der Waals surface area contributed by atoms with E-state index in [1.54, 1.807) is 24.1 Å². The summed E-state index contributed by atoms with van der Waals surface area (Å²) in [5.74, 6) is 1.55. The average Bonchev–Trinajstić information content (AvgIpc) is 3.28. The fraction of sp³-hybridized carbons (Fsp3) is 0.480. The third-order valence-corrected chi connectivity index (χ3v) is 5.88. The Morgan fingerprint density at radius 1 is 1.09 bits per heavy atom. The monoisotopic (exact) mass is 442 g/mol. The summed E-state index contributed by atoms with van der Waals surface area (Å²) < 4.78 is 16.7. The summed E-state index contributed by atoms with van der Waals surface area (Å²) in [7, 11) is 3.75. The molecule has 0 unspecified atom stereocenters. The van der Waals surface area contributed by atoms with Gasteiger partial charge in [0.25, 0.3) is 5.91 Å². The lowest BCUT2D eigenvalue weighted by Gasteiger charge is -2.34. The summed E-state index contributed by atoms with van der Waals surface area (Å²) in [6.45, 7) is 6.05. The smallest absolute Gasteiger partial charge is 0.254 e. The van der Waals surface area contributed by atoms with Crippen molar-refractivity contribution in [1.29, 1.82) is 0 Å². The minimum atomic E-state index is -0.283. The Labute approximate surface area is 190 Å². The average molecular weight is 443 g/mol. The topological polar surface area (TPSA) is 71.5 Å². The molecule has 1 aliphatic heterocycles. The Balaban J connectivity index is 1.62. The van der Waals surface area contributed by atoms with Crippen LogP contribution in [0.4, 0.5) is 0 Å². The van der Waals surface area contributed by atoms with Crippen LogP contribution in [-0.4, -0.2) is 73.6 Å². The fourth-order valence-corrected chi connectivity index (χ4v) is 3.95. The van der Waals surface area contributed by atoms with Gasteiger partial charge in [0.05, 0.1) is 18.8 Å². The number of amides is 1. The van der Waals surface area contributed by atoms with Crippen molar-refractivity contribution in [2.75, 3.05) is 40.6 Å². The Morgan fingerprint density at radius 3 is 2.50 bits per heavy atom. The van der Waals surface area contributed by atoms with Crippen molar-refractivity contribution in [2.24, 2.45) is 5.92 Å². The van der Waals surface area contributed by atoms with Crippen LogP contribution in [0.15, 0.2) is 48.5 Å². The van der Waals surface area contributed by atoms with Gasteiger partial charge in [0, 0.05) is 38.2 Å². The molecule has 7 heteroatoms. The molecule has 174 valence electrons. The van der Waals surface area contributed by atoms with Gasteiger partial charge < -0.3 is 24.2 Å². The number of rotatable bonds is 11. The molecule has 2 aromatic rings. The van der Waals surface area contributed by atoms with Crippen LogP contribution in [0.25, 0.3) is 0 Å². The van der Waals surface area contributed by atoms with Gasteiger partial charge in [0.15, 0.2) is 11.5 Å². The van der Waals surface area contributed by atoms with Crippen LogP contribution < -0.4 is 9.47 Å². The molecule has 1 amide bonds. The largest absolute Gasteiger partial charge is 0.454 e. The molecular formula is C25H34N2O5. The van der Waals surface area contributed by atoms with Gasteiger partial charge in [-0.25, -0.2) is 0 Å². The van der Waals surface area contributed by atoms with E-state index in [4.69, 9.17) is 14.2 Å². The van der Waals surface area contributed by atoms with E-state index in [-0.39, 0.29) is 37.4 Å². The zero-order valence-corrected chi connectivity index (χ0v) is 19.4. The first kappa shape index (κ1) is 24.0. The summed E-state index contributed by atoms with van der Waals surface area (Å²) >= 11 is 0. The minimum absolute atomic E-state index is 0.0702. The Kier molecular flexibility index (Phi) is 8.50. The van der Waals surface area contributed by atoms with Crippen LogP contribution in [-0.2, 0) is 11.3 Å². The standard InChI is InChI=1S/C25H34N2O5/c1-18(13-27(19(2)16-28)25(29)21-8-6-5-7-9-21)24(30-4)15-26(3)14-20-10-11-22-23(12-20)32-17-31-22/h5-12,18-19,24,28H,13-17H2,1-4H3/t18-,19-,24-/m1/s1. The highest BCUT2D eigenvalue weighted by molar-refractivity contribution is 5.94. The second-order valence-corrected chi connectivity index (χ2v) is 8.49. The van der Waals surface area contributed by atoms with Crippen molar-refractivity contribution >= 4 is 5.91 Å². The minimum Gasteiger partial charge on any atom is -0.454 e. The number of benzene rings is 2. The van der Waals surface area contributed by atoms with E-state index in [0.29, 0.717) is 18.7 Å². The van der Waals surface area contributed by atoms with Crippen LogP contribution in [0, 0.1) is 5.92 Å². The molecule has 0 aliphatic carbocycles. The molecule has 1 N–H and O–H groups in total. The molecule has 32 heavy (non-hydrogen) atoms. The van der Waals surface area contributed by atoms with Crippen molar-refractivity contribution in [1.82, 2.24) is 9.80 Å². The van der Waals surface area contributed by atoms with Gasteiger partial charge in [0.2, 0.25) is 6.79 Å². The Hall–Kier alpha value is -2.61. The highest BCUT2D eigenvalue weighted by atomic mass is 16.7. The molecule has 0 spiro atoms. The molecule has 3 atom stereocenters. The normalized spacial score (nSPS) is 15.4. The van der Waals surface area contributed by atoms with Crippen molar-refractivity contribution < 1.29 is 24.1 Å². The predicted octanol–water partition coefficient (Wildman–Crippen LogP) is 3.02. The third kappa shape index (κ3) is 6.00. The molecule has 0 bridgehead atoms. The number of aliphatic hydroxyl groups excluding tert-OH is 1. The van der Waals surface area contributed by atoms with Gasteiger partial charge in [-0.1, -0.05) is 31.2 Å². The number of aliphatic hydroxyl groups is 1. The van der Waals surface area contributed by atoms with Gasteiger partial charge in [-0.15, -0.1) is 0 Å². The number of methoxy groups -OCH3 is 1. The van der Waals surface area contributed by atoms with Gasteiger partial charge in [-0.2, -0.15) is 0 Å². The van der Waals surface area contributed by atoms with Gasteiger partial charge >= 0.3 is 0 Å². The van der Waals surface area contributed by atoms with Gasteiger partial charge in [-0.3, -0.25) is 9.69 Å². The van der Waals surface area contributed by atoms with Crippen molar-refractivity contribution in [3.63, 3.8) is 0 Å². The molecule has 0 aromatic heterocycles. The highest BCUT2D eigenvalue weighted by Gasteiger charge is 2.27. The molecular weight excluding hydrogens is 408 g/mol. The number of nitrogens with zero attached hydrogens (tertiary/aromatic N) is 2. The second-order valence-electron chi connectivity index (χ2n) is 8.49. The van der Waals surface area contributed by atoms with Crippen LogP contribution >= 0.6 is 0 Å². The van der Waals surface area contributed by atoms with Crippen LogP contribution in [0.5, 0.6) is 11.5 Å². The maximum absolute atomic E-state index is 13.1. The Bertz CT molecular complexity index is 876. The molecule has 0 saturated heterocycles. The zero-order valence-electron chi connectivity index (χ0n) is 19.4. The van der Waals surface area contributed by atoms with Crippen LogP contribution in [0.1, 0.15) is 29.8 Å². The second kappa shape index (κ2) is 11.3. The van der Waals surface area contributed by atoms with E-state index in [2.05, 4.69) is 11.8 Å². The van der Waals surface area contributed by atoms with Gasteiger partial charge in [0.1, 0.15) is 0 Å². The third-order valence-electron chi connectivity index (χ3n) is 5.88. The molecule has 2 aromatic carbocycles. The maximum atomic E-state index is 13.1. The van der Waals surface area contributed by atoms with Crippen molar-refractivity contribution in [2.45, 2.75) is 32.5 Å². The highest BCUT2D eigenvalue weighted by Crippen LogP contribution is 2.32. The number of carbonyl (C=O) groups is 1. The molecule has 0 fully saturated rings. The SMILES string of the molecule is CO[C@H](CN(C)Cc1ccc2c(c1)OCO2)[C@H](C)CN(C(=O)c1ccccc1)[C@H](C)CO. The molecule has 1 heterocycles. The van der Waals surface area contributed by atoms with E-state index in [1.165, 1.54) is 0 Å². The van der Waals surface area contributed by atoms with E-state index in [1.807, 2.05) is 50.4 Å². The predicted molar refractivity (Wildman–Crippen MR) is 123 cm³/mol. The van der Waals surface area contributed by atoms with Crippen LogP contribution in [0.2, 0.25) is 0 Å².